The van der Waals surface area contributed by atoms with Crippen LogP contribution in [0.3, 0.4) is 0 Å². The predicted octanol–water partition coefficient (Wildman–Crippen LogP) is 3.29. The van der Waals surface area contributed by atoms with E-state index in [1.807, 2.05) is 0 Å². The second-order valence-corrected chi connectivity index (χ2v) is 7.19. The zero-order valence-corrected chi connectivity index (χ0v) is 14.4. The van der Waals surface area contributed by atoms with Crippen molar-refractivity contribution in [1.82, 2.24) is 10.2 Å². The summed E-state index contributed by atoms with van der Waals surface area (Å²) in [4.78, 5) is 2.67. The molecular weight excluding hydrogens is 260 g/mol. The molecule has 21 heavy (non-hydrogen) atoms. The molecular formula is C18H36N2O. The first kappa shape index (κ1) is 17.2. The molecule has 0 amide bonds. The second-order valence-electron chi connectivity index (χ2n) is 7.19. The molecule has 1 heterocycles. The molecule has 1 saturated carbocycles. The third-order valence-electron chi connectivity index (χ3n) is 5.54. The van der Waals surface area contributed by atoms with Gasteiger partial charge >= 0.3 is 0 Å². The standard InChI is InChI=1S/C18H36N2O/c1-4-6-15-7-8-17(19-5-2)18(13-15)20(3)14-16-9-11-21-12-10-16/h15-19H,4-14H2,1-3H3. The molecule has 0 radical (unpaired) electrons. The van der Waals surface area contributed by atoms with Crippen LogP contribution in [0.1, 0.15) is 58.8 Å². The van der Waals surface area contributed by atoms with E-state index in [0.717, 1.165) is 37.6 Å². The van der Waals surface area contributed by atoms with Gasteiger partial charge in [0.15, 0.2) is 0 Å². The van der Waals surface area contributed by atoms with Gasteiger partial charge in [-0.15, -0.1) is 0 Å². The van der Waals surface area contributed by atoms with Crippen LogP contribution in [0.25, 0.3) is 0 Å². The van der Waals surface area contributed by atoms with Crippen LogP contribution in [0, 0.1) is 11.8 Å². The molecule has 0 spiro atoms. The predicted molar refractivity (Wildman–Crippen MR) is 89.7 cm³/mol. The average Bonchev–Trinajstić information content (AvgIpc) is 2.50. The highest BCUT2D eigenvalue weighted by Crippen LogP contribution is 2.31. The van der Waals surface area contributed by atoms with E-state index in [9.17, 15) is 0 Å². The molecule has 2 rings (SSSR count). The first-order valence-electron chi connectivity index (χ1n) is 9.25. The summed E-state index contributed by atoms with van der Waals surface area (Å²) in [7, 11) is 2.36. The number of ether oxygens (including phenoxy) is 1. The molecule has 124 valence electrons. The zero-order chi connectivity index (χ0) is 15.1. The summed E-state index contributed by atoms with van der Waals surface area (Å²) in [6.07, 6.45) is 9.44. The minimum absolute atomic E-state index is 0.702. The number of hydrogen-bond donors (Lipinski definition) is 1. The van der Waals surface area contributed by atoms with E-state index in [1.54, 1.807) is 0 Å². The SMILES string of the molecule is CCCC1CCC(NCC)C(N(C)CC2CCOCC2)C1. The molecule has 3 nitrogen and oxygen atoms in total. The van der Waals surface area contributed by atoms with Gasteiger partial charge in [0.1, 0.15) is 0 Å². The highest BCUT2D eigenvalue weighted by atomic mass is 16.5. The molecule has 0 bridgehead atoms. The van der Waals surface area contributed by atoms with Crippen LogP contribution in [0.4, 0.5) is 0 Å². The molecule has 1 aliphatic carbocycles. The van der Waals surface area contributed by atoms with E-state index in [0.29, 0.717) is 6.04 Å². The molecule has 2 fully saturated rings. The summed E-state index contributed by atoms with van der Waals surface area (Å²) >= 11 is 0. The lowest BCUT2D eigenvalue weighted by Crippen LogP contribution is -2.53. The monoisotopic (exact) mass is 296 g/mol. The summed E-state index contributed by atoms with van der Waals surface area (Å²) in [5.41, 5.74) is 0. The normalized spacial score (nSPS) is 31.7. The van der Waals surface area contributed by atoms with Crippen molar-refractivity contribution in [2.24, 2.45) is 11.8 Å². The number of nitrogens with one attached hydrogen (secondary N) is 1. The molecule has 1 N–H and O–H groups in total. The Morgan fingerprint density at radius 2 is 1.81 bits per heavy atom. The maximum Gasteiger partial charge on any atom is 0.0469 e. The fourth-order valence-electron chi connectivity index (χ4n) is 4.36. The molecule has 3 heteroatoms. The van der Waals surface area contributed by atoms with Gasteiger partial charge in [-0.1, -0.05) is 26.7 Å². The van der Waals surface area contributed by atoms with Gasteiger partial charge in [-0.25, -0.2) is 0 Å². The third-order valence-corrected chi connectivity index (χ3v) is 5.54. The van der Waals surface area contributed by atoms with Crippen LogP contribution in [0.2, 0.25) is 0 Å². The smallest absolute Gasteiger partial charge is 0.0469 e. The number of hydrogen-bond acceptors (Lipinski definition) is 3. The van der Waals surface area contributed by atoms with Crippen molar-refractivity contribution in [1.29, 1.82) is 0 Å². The van der Waals surface area contributed by atoms with Crippen molar-refractivity contribution in [3.8, 4) is 0 Å². The van der Waals surface area contributed by atoms with Crippen LogP contribution in [0.15, 0.2) is 0 Å². The summed E-state index contributed by atoms with van der Waals surface area (Å²) in [6.45, 7) is 8.88. The lowest BCUT2D eigenvalue weighted by molar-refractivity contribution is 0.0386. The molecule has 3 unspecified atom stereocenters. The third kappa shape index (κ3) is 5.22. The number of nitrogens with zero attached hydrogens (tertiary/aromatic N) is 1. The van der Waals surface area contributed by atoms with Crippen LogP contribution in [0.5, 0.6) is 0 Å². The fourth-order valence-corrected chi connectivity index (χ4v) is 4.36. The van der Waals surface area contributed by atoms with Crippen molar-refractivity contribution in [3.05, 3.63) is 0 Å². The van der Waals surface area contributed by atoms with E-state index in [-0.39, 0.29) is 0 Å². The Labute approximate surface area is 131 Å². The lowest BCUT2D eigenvalue weighted by atomic mass is 9.79. The van der Waals surface area contributed by atoms with E-state index in [2.05, 4.69) is 31.1 Å². The average molecular weight is 296 g/mol. The number of likely N-dealkylation sites (N-methyl/N-ethyl adjacent to an activating group) is 2. The Morgan fingerprint density at radius 3 is 2.48 bits per heavy atom. The van der Waals surface area contributed by atoms with Gasteiger partial charge in [-0.2, -0.15) is 0 Å². The van der Waals surface area contributed by atoms with Gasteiger partial charge in [0.2, 0.25) is 0 Å². The minimum Gasteiger partial charge on any atom is -0.381 e. The highest BCUT2D eigenvalue weighted by molar-refractivity contribution is 4.90. The van der Waals surface area contributed by atoms with Crippen molar-refractivity contribution >= 4 is 0 Å². The maximum atomic E-state index is 5.50. The minimum atomic E-state index is 0.702. The summed E-state index contributed by atoms with van der Waals surface area (Å²) in [5.74, 6) is 1.80. The van der Waals surface area contributed by atoms with Gasteiger partial charge in [0, 0.05) is 31.8 Å². The largest absolute Gasteiger partial charge is 0.381 e. The molecule has 2 aliphatic rings. The molecule has 3 atom stereocenters. The van der Waals surface area contributed by atoms with E-state index >= 15 is 0 Å². The lowest BCUT2D eigenvalue weighted by Gasteiger charge is -2.43. The quantitative estimate of drug-likeness (QED) is 0.780. The summed E-state index contributed by atoms with van der Waals surface area (Å²) in [6, 6.07) is 1.44. The zero-order valence-electron chi connectivity index (χ0n) is 14.4. The summed E-state index contributed by atoms with van der Waals surface area (Å²) in [5, 5.41) is 3.75. The fraction of sp³-hybridized carbons (Fsp3) is 1.00. The van der Waals surface area contributed by atoms with Crippen LogP contribution < -0.4 is 5.32 Å². The molecule has 0 aromatic heterocycles. The Morgan fingerprint density at radius 1 is 1.05 bits per heavy atom. The van der Waals surface area contributed by atoms with Crippen LogP contribution in [-0.2, 0) is 4.74 Å². The summed E-state index contributed by atoms with van der Waals surface area (Å²) < 4.78 is 5.50. The topological polar surface area (TPSA) is 24.5 Å². The molecule has 0 aromatic carbocycles. The second kappa shape index (κ2) is 9.12. The first-order valence-corrected chi connectivity index (χ1v) is 9.25. The van der Waals surface area contributed by atoms with E-state index in [4.69, 9.17) is 4.74 Å². The Bertz CT molecular complexity index is 278. The first-order chi connectivity index (χ1) is 10.2. The van der Waals surface area contributed by atoms with Crippen molar-refractivity contribution in [3.63, 3.8) is 0 Å². The van der Waals surface area contributed by atoms with Crippen molar-refractivity contribution in [2.45, 2.75) is 70.9 Å². The van der Waals surface area contributed by atoms with Gasteiger partial charge in [-0.05, 0) is 57.5 Å². The Balaban J connectivity index is 1.89. The Kier molecular flexibility index (Phi) is 7.48. The van der Waals surface area contributed by atoms with Crippen molar-refractivity contribution in [2.75, 3.05) is 33.4 Å². The van der Waals surface area contributed by atoms with Crippen LogP contribution in [-0.4, -0.2) is 50.3 Å². The van der Waals surface area contributed by atoms with Gasteiger partial charge in [0.05, 0.1) is 0 Å². The van der Waals surface area contributed by atoms with Gasteiger partial charge < -0.3 is 15.0 Å². The molecule has 1 aliphatic heterocycles. The van der Waals surface area contributed by atoms with Gasteiger partial charge in [0.25, 0.3) is 0 Å². The van der Waals surface area contributed by atoms with E-state index in [1.165, 1.54) is 51.5 Å². The van der Waals surface area contributed by atoms with Gasteiger partial charge in [-0.3, -0.25) is 0 Å². The molecule has 0 aromatic rings. The Hall–Kier alpha value is -0.120. The number of rotatable bonds is 7. The van der Waals surface area contributed by atoms with Crippen LogP contribution >= 0.6 is 0 Å². The maximum absolute atomic E-state index is 5.50. The highest BCUT2D eigenvalue weighted by Gasteiger charge is 2.33. The van der Waals surface area contributed by atoms with Crippen molar-refractivity contribution < 1.29 is 4.74 Å². The van der Waals surface area contributed by atoms with E-state index < -0.39 is 0 Å². The molecule has 1 saturated heterocycles.